The van der Waals surface area contributed by atoms with E-state index in [2.05, 4.69) is 10.1 Å². The topological polar surface area (TPSA) is 70.7 Å². The van der Waals surface area contributed by atoms with E-state index in [9.17, 15) is 9.90 Å². The molecule has 0 amide bonds. The minimum atomic E-state index is -0.753. The molecule has 0 saturated carbocycles. The number of fused-ring (bicyclic) bond motifs is 1. The van der Waals surface area contributed by atoms with Crippen LogP contribution >= 0.6 is 22.9 Å². The summed E-state index contributed by atoms with van der Waals surface area (Å²) >= 11 is 7.39. The van der Waals surface area contributed by atoms with Crippen molar-refractivity contribution in [2.24, 2.45) is 5.41 Å². The molecule has 24 heavy (non-hydrogen) atoms. The van der Waals surface area contributed by atoms with Gasteiger partial charge < -0.3 is 10.0 Å². The molecule has 1 unspecified atom stereocenters. The summed E-state index contributed by atoms with van der Waals surface area (Å²) < 4.78 is 1.75. The smallest absolute Gasteiger partial charge is 0.311 e. The Kier molecular flexibility index (Phi) is 3.51. The maximum absolute atomic E-state index is 11.4. The van der Waals surface area contributed by atoms with Crippen molar-refractivity contribution in [3.63, 3.8) is 0 Å². The van der Waals surface area contributed by atoms with E-state index in [1.54, 1.807) is 11.4 Å². The van der Waals surface area contributed by atoms with Crippen LogP contribution in [0.4, 0.5) is 5.13 Å². The van der Waals surface area contributed by atoms with E-state index in [4.69, 9.17) is 11.6 Å². The minimum absolute atomic E-state index is 0.475. The van der Waals surface area contributed by atoms with Crippen LogP contribution in [-0.2, 0) is 4.79 Å². The van der Waals surface area contributed by atoms with Gasteiger partial charge in [0.15, 0.2) is 0 Å². The summed E-state index contributed by atoms with van der Waals surface area (Å²) in [5.74, 6) is -0.753. The van der Waals surface area contributed by atoms with Crippen LogP contribution in [0, 0.1) is 5.41 Å². The quantitative estimate of drug-likeness (QED) is 0.773. The molecule has 124 valence electrons. The van der Waals surface area contributed by atoms with Crippen LogP contribution in [0.1, 0.15) is 13.3 Å². The second-order valence-electron chi connectivity index (χ2n) is 6.28. The monoisotopic (exact) mass is 362 g/mol. The predicted molar refractivity (Wildman–Crippen MR) is 93.9 cm³/mol. The number of hydrogen-bond donors (Lipinski definition) is 1. The molecule has 1 fully saturated rings. The van der Waals surface area contributed by atoms with Gasteiger partial charge in [-0.3, -0.25) is 4.79 Å². The molecule has 0 aliphatic carbocycles. The number of carbonyl (C=O) groups is 1. The molecule has 3 heterocycles. The number of imidazole rings is 1. The van der Waals surface area contributed by atoms with Gasteiger partial charge in [0, 0.05) is 23.7 Å². The van der Waals surface area contributed by atoms with Gasteiger partial charge in [-0.2, -0.15) is 0 Å². The second-order valence-corrected chi connectivity index (χ2v) is 7.65. The Balaban J connectivity index is 1.61. The summed E-state index contributed by atoms with van der Waals surface area (Å²) in [5.41, 5.74) is 1.12. The Bertz CT molecular complexity index is 888. The van der Waals surface area contributed by atoms with Crippen LogP contribution in [-0.4, -0.2) is 38.8 Å². The molecule has 6 nitrogen and oxygen atoms in total. The molecule has 0 bridgehead atoms. The van der Waals surface area contributed by atoms with E-state index in [1.807, 2.05) is 35.4 Å². The molecule has 2 aromatic heterocycles. The first kappa shape index (κ1) is 15.4. The lowest BCUT2D eigenvalue weighted by molar-refractivity contribution is -0.146. The normalized spacial score (nSPS) is 20.8. The third-order valence-corrected chi connectivity index (χ3v) is 5.67. The Morgan fingerprint density at radius 2 is 2.12 bits per heavy atom. The maximum atomic E-state index is 11.4. The maximum Gasteiger partial charge on any atom is 0.311 e. The molecule has 1 atom stereocenters. The molecule has 1 N–H and O–H groups in total. The number of benzene rings is 1. The first-order chi connectivity index (χ1) is 11.4. The number of aromatic nitrogens is 3. The van der Waals surface area contributed by atoms with E-state index in [0.29, 0.717) is 24.5 Å². The molecule has 3 aromatic rings. The van der Waals surface area contributed by atoms with Crippen molar-refractivity contribution in [2.75, 3.05) is 18.0 Å². The molecular formula is C16H15ClN4O2S. The van der Waals surface area contributed by atoms with Crippen LogP contribution in [0.15, 0.2) is 30.5 Å². The van der Waals surface area contributed by atoms with Crippen LogP contribution in [0.5, 0.6) is 0 Å². The van der Waals surface area contributed by atoms with Crippen molar-refractivity contribution in [1.29, 1.82) is 0 Å². The first-order valence-electron chi connectivity index (χ1n) is 7.55. The van der Waals surface area contributed by atoms with Crippen LogP contribution in [0.2, 0.25) is 5.02 Å². The van der Waals surface area contributed by atoms with E-state index in [-0.39, 0.29) is 0 Å². The molecule has 1 aliphatic heterocycles. The zero-order valence-corrected chi connectivity index (χ0v) is 14.5. The van der Waals surface area contributed by atoms with Crippen molar-refractivity contribution in [1.82, 2.24) is 14.6 Å². The summed E-state index contributed by atoms with van der Waals surface area (Å²) in [6.45, 7) is 2.96. The van der Waals surface area contributed by atoms with Gasteiger partial charge >= 0.3 is 5.97 Å². The zero-order valence-electron chi connectivity index (χ0n) is 12.9. The van der Waals surface area contributed by atoms with E-state index in [0.717, 1.165) is 21.3 Å². The van der Waals surface area contributed by atoms with Gasteiger partial charge in [-0.1, -0.05) is 35.1 Å². The van der Waals surface area contributed by atoms with Gasteiger partial charge in [0.25, 0.3) is 0 Å². The number of anilines is 1. The Morgan fingerprint density at radius 3 is 2.75 bits per heavy atom. The van der Waals surface area contributed by atoms with Crippen molar-refractivity contribution in [3.05, 3.63) is 35.5 Å². The molecule has 1 saturated heterocycles. The van der Waals surface area contributed by atoms with E-state index < -0.39 is 11.4 Å². The predicted octanol–water partition coefficient (Wildman–Crippen LogP) is 3.41. The molecule has 4 rings (SSSR count). The van der Waals surface area contributed by atoms with Gasteiger partial charge in [-0.25, -0.2) is 9.50 Å². The fourth-order valence-corrected chi connectivity index (χ4v) is 3.91. The Labute approximate surface area is 147 Å². The van der Waals surface area contributed by atoms with Gasteiger partial charge in [0.2, 0.25) is 10.1 Å². The highest BCUT2D eigenvalue weighted by molar-refractivity contribution is 7.20. The molecular weight excluding hydrogens is 348 g/mol. The summed E-state index contributed by atoms with van der Waals surface area (Å²) in [4.78, 5) is 18.8. The number of halogens is 1. The minimum Gasteiger partial charge on any atom is -0.481 e. The lowest BCUT2D eigenvalue weighted by Crippen LogP contribution is -2.31. The molecule has 1 aliphatic rings. The Morgan fingerprint density at radius 1 is 1.38 bits per heavy atom. The number of hydrogen-bond acceptors (Lipinski definition) is 5. The summed E-state index contributed by atoms with van der Waals surface area (Å²) in [6.07, 6.45) is 2.51. The van der Waals surface area contributed by atoms with Gasteiger partial charge in [-0.15, -0.1) is 5.10 Å². The van der Waals surface area contributed by atoms with Gasteiger partial charge in [-0.05, 0) is 25.5 Å². The number of aliphatic carboxylic acids is 1. The average molecular weight is 363 g/mol. The number of nitrogens with zero attached hydrogens (tertiary/aromatic N) is 4. The second kappa shape index (κ2) is 5.46. The van der Waals surface area contributed by atoms with E-state index in [1.165, 1.54) is 11.3 Å². The van der Waals surface area contributed by atoms with Crippen LogP contribution in [0.3, 0.4) is 0 Å². The third-order valence-electron chi connectivity index (χ3n) is 4.43. The molecule has 8 heteroatoms. The number of carboxylic acid groups (broad SMARTS) is 1. The van der Waals surface area contributed by atoms with Crippen LogP contribution in [0.25, 0.3) is 16.2 Å². The van der Waals surface area contributed by atoms with E-state index >= 15 is 0 Å². The average Bonchev–Trinajstić information content (AvgIpc) is 3.20. The van der Waals surface area contributed by atoms with Gasteiger partial charge in [0.05, 0.1) is 17.3 Å². The third kappa shape index (κ3) is 2.53. The highest BCUT2D eigenvalue weighted by atomic mass is 35.5. The fourth-order valence-electron chi connectivity index (χ4n) is 2.88. The van der Waals surface area contributed by atoms with Crippen molar-refractivity contribution < 1.29 is 9.90 Å². The summed E-state index contributed by atoms with van der Waals surface area (Å²) in [5, 5.41) is 15.4. The Hall–Kier alpha value is -2.12. The summed E-state index contributed by atoms with van der Waals surface area (Å²) in [6, 6.07) is 7.52. The van der Waals surface area contributed by atoms with Crippen molar-refractivity contribution in [3.8, 4) is 11.3 Å². The summed E-state index contributed by atoms with van der Waals surface area (Å²) in [7, 11) is 0. The van der Waals surface area contributed by atoms with Crippen LogP contribution < -0.4 is 4.90 Å². The van der Waals surface area contributed by atoms with Crippen molar-refractivity contribution in [2.45, 2.75) is 13.3 Å². The standard InChI is InChI=1S/C16H15ClN4O2S/c1-16(13(22)23)6-7-20(9-16)15-19-21-8-12(18-14(21)24-15)10-2-4-11(17)5-3-10/h2-5,8H,6-7,9H2,1H3,(H,22,23). The van der Waals surface area contributed by atoms with Crippen molar-refractivity contribution >= 4 is 39.0 Å². The highest BCUT2D eigenvalue weighted by Crippen LogP contribution is 2.35. The first-order valence-corrected chi connectivity index (χ1v) is 8.75. The SMILES string of the molecule is CC1(C(=O)O)CCN(c2nn3cc(-c4ccc(Cl)cc4)nc3s2)C1. The molecule has 1 aromatic carbocycles. The largest absolute Gasteiger partial charge is 0.481 e. The molecule has 0 radical (unpaired) electrons. The fraction of sp³-hybridized carbons (Fsp3) is 0.312. The zero-order chi connectivity index (χ0) is 16.9. The number of rotatable bonds is 3. The number of carboxylic acids is 1. The molecule has 0 spiro atoms. The highest BCUT2D eigenvalue weighted by Gasteiger charge is 2.41. The van der Waals surface area contributed by atoms with Gasteiger partial charge in [0.1, 0.15) is 0 Å². The lowest BCUT2D eigenvalue weighted by atomic mass is 9.90. The lowest BCUT2D eigenvalue weighted by Gasteiger charge is -2.18.